The van der Waals surface area contributed by atoms with Crippen LogP contribution < -0.4 is 10.6 Å². The maximum atomic E-state index is 13.6. The predicted octanol–water partition coefficient (Wildman–Crippen LogP) is 4.40. The molecule has 0 aliphatic heterocycles. The Balaban J connectivity index is 1.74. The molecule has 2 N–H and O–H groups in total. The topological polar surface area (TPSA) is 66.9 Å². The Hall–Kier alpha value is -3.06. The minimum Gasteiger partial charge on any atom is -0.321 e. The van der Waals surface area contributed by atoms with E-state index in [-0.39, 0.29) is 17.2 Å². The smallest absolute Gasteiger partial charge is 0.258 e. The Bertz CT molecular complexity index is 899. The quantitative estimate of drug-likeness (QED) is 0.723. The number of hydrogen-bond donors (Lipinski definition) is 2. The van der Waals surface area contributed by atoms with Gasteiger partial charge in [-0.3, -0.25) is 4.79 Å². The number of benzene rings is 2. The van der Waals surface area contributed by atoms with Crippen LogP contribution in [0.15, 0.2) is 54.9 Å². The van der Waals surface area contributed by atoms with Crippen LogP contribution in [0, 0.1) is 11.6 Å². The van der Waals surface area contributed by atoms with Gasteiger partial charge in [0.05, 0.1) is 16.3 Å². The van der Waals surface area contributed by atoms with Crippen LogP contribution in [0.4, 0.5) is 26.1 Å². The zero-order chi connectivity index (χ0) is 17.8. The van der Waals surface area contributed by atoms with E-state index in [9.17, 15) is 13.6 Å². The monoisotopic (exact) mass is 360 g/mol. The lowest BCUT2D eigenvalue weighted by Crippen LogP contribution is -2.13. The van der Waals surface area contributed by atoms with Crippen molar-refractivity contribution >= 4 is 34.8 Å². The number of amides is 1. The predicted molar refractivity (Wildman–Crippen MR) is 91.1 cm³/mol. The number of hydrogen-bond acceptors (Lipinski definition) is 4. The molecule has 1 amide bonds. The Morgan fingerprint density at radius 2 is 1.60 bits per heavy atom. The minimum atomic E-state index is -0.774. The van der Waals surface area contributed by atoms with Gasteiger partial charge in [-0.1, -0.05) is 29.8 Å². The third-order valence-electron chi connectivity index (χ3n) is 3.24. The molecular weight excluding hydrogens is 350 g/mol. The lowest BCUT2D eigenvalue weighted by Gasteiger charge is -2.08. The molecule has 0 bridgehead atoms. The normalized spacial score (nSPS) is 10.4. The molecule has 0 saturated carbocycles. The third-order valence-corrected chi connectivity index (χ3v) is 3.57. The van der Waals surface area contributed by atoms with Gasteiger partial charge in [0, 0.05) is 12.4 Å². The summed E-state index contributed by atoms with van der Waals surface area (Å²) in [5.74, 6) is -2.05. The van der Waals surface area contributed by atoms with Crippen molar-refractivity contribution in [3.8, 4) is 0 Å². The number of anilines is 3. The van der Waals surface area contributed by atoms with Crippen LogP contribution in [0.2, 0.25) is 5.02 Å². The molecule has 3 aromatic rings. The van der Waals surface area contributed by atoms with E-state index in [1.54, 1.807) is 24.3 Å². The second-order valence-corrected chi connectivity index (χ2v) is 5.36. The van der Waals surface area contributed by atoms with Crippen molar-refractivity contribution in [2.45, 2.75) is 0 Å². The van der Waals surface area contributed by atoms with Gasteiger partial charge >= 0.3 is 0 Å². The molecule has 0 saturated heterocycles. The van der Waals surface area contributed by atoms with E-state index in [1.807, 2.05) is 0 Å². The Morgan fingerprint density at radius 3 is 2.24 bits per heavy atom. The summed E-state index contributed by atoms with van der Waals surface area (Å²) in [6, 6.07) is 10.2. The van der Waals surface area contributed by atoms with Gasteiger partial charge in [0.2, 0.25) is 5.95 Å². The lowest BCUT2D eigenvalue weighted by molar-refractivity contribution is 0.102. The number of carbonyl (C=O) groups is 1. The van der Waals surface area contributed by atoms with Crippen LogP contribution in [-0.2, 0) is 0 Å². The van der Waals surface area contributed by atoms with Gasteiger partial charge in [0.15, 0.2) is 0 Å². The first kappa shape index (κ1) is 16.8. The highest BCUT2D eigenvalue weighted by atomic mass is 35.5. The third kappa shape index (κ3) is 3.89. The second-order valence-electron chi connectivity index (χ2n) is 4.95. The Kier molecular flexibility index (Phi) is 4.85. The minimum absolute atomic E-state index is 0.0432. The molecular formula is C17H11ClF2N4O. The van der Waals surface area contributed by atoms with Crippen molar-refractivity contribution < 1.29 is 13.6 Å². The number of nitrogens with one attached hydrogen (secondary N) is 2. The van der Waals surface area contributed by atoms with Crippen LogP contribution in [0.3, 0.4) is 0 Å². The lowest BCUT2D eigenvalue weighted by atomic mass is 10.2. The molecule has 126 valence electrons. The van der Waals surface area contributed by atoms with E-state index in [1.165, 1.54) is 18.5 Å². The number of rotatable bonds is 4. The number of nitrogens with zero attached hydrogens (tertiary/aromatic N) is 2. The van der Waals surface area contributed by atoms with Crippen LogP contribution >= 0.6 is 11.6 Å². The van der Waals surface area contributed by atoms with Crippen LogP contribution in [0.1, 0.15) is 10.4 Å². The van der Waals surface area contributed by atoms with E-state index >= 15 is 0 Å². The largest absolute Gasteiger partial charge is 0.321 e. The van der Waals surface area contributed by atoms with Crippen molar-refractivity contribution in [1.82, 2.24) is 9.97 Å². The van der Waals surface area contributed by atoms with Crippen molar-refractivity contribution in [2.24, 2.45) is 0 Å². The maximum absolute atomic E-state index is 13.6. The van der Waals surface area contributed by atoms with E-state index in [2.05, 4.69) is 20.6 Å². The SMILES string of the molecule is O=C(Nc1ccccc1Cl)c1cnc(Nc2c(F)cccc2F)nc1. The molecule has 0 aliphatic carbocycles. The molecule has 0 spiro atoms. The van der Waals surface area contributed by atoms with Gasteiger partial charge in [-0.2, -0.15) is 0 Å². The van der Waals surface area contributed by atoms with E-state index < -0.39 is 17.5 Å². The van der Waals surface area contributed by atoms with Crippen molar-refractivity contribution in [1.29, 1.82) is 0 Å². The number of halogens is 3. The van der Waals surface area contributed by atoms with Gasteiger partial charge in [0.25, 0.3) is 5.91 Å². The number of para-hydroxylation sites is 2. The molecule has 3 rings (SSSR count). The average molecular weight is 361 g/mol. The fourth-order valence-electron chi connectivity index (χ4n) is 2.00. The van der Waals surface area contributed by atoms with Crippen LogP contribution in [0.5, 0.6) is 0 Å². The van der Waals surface area contributed by atoms with Crippen LogP contribution in [-0.4, -0.2) is 15.9 Å². The molecule has 25 heavy (non-hydrogen) atoms. The summed E-state index contributed by atoms with van der Waals surface area (Å²) in [4.78, 5) is 19.9. The highest BCUT2D eigenvalue weighted by Gasteiger charge is 2.12. The van der Waals surface area contributed by atoms with Crippen molar-refractivity contribution in [3.05, 3.63) is 77.1 Å². The second kappa shape index (κ2) is 7.23. The highest BCUT2D eigenvalue weighted by Crippen LogP contribution is 2.22. The summed E-state index contributed by atoms with van der Waals surface area (Å²) in [6.07, 6.45) is 2.47. The fourth-order valence-corrected chi connectivity index (χ4v) is 2.18. The summed E-state index contributed by atoms with van der Waals surface area (Å²) in [5, 5.41) is 5.46. The first-order chi connectivity index (χ1) is 12.0. The van der Waals surface area contributed by atoms with E-state index in [0.29, 0.717) is 10.7 Å². The fraction of sp³-hybridized carbons (Fsp3) is 0. The molecule has 0 aliphatic rings. The van der Waals surface area contributed by atoms with Gasteiger partial charge in [0.1, 0.15) is 17.3 Å². The molecule has 0 unspecified atom stereocenters. The van der Waals surface area contributed by atoms with Crippen molar-refractivity contribution in [2.75, 3.05) is 10.6 Å². The molecule has 0 atom stereocenters. The molecule has 8 heteroatoms. The van der Waals surface area contributed by atoms with Crippen LogP contribution in [0.25, 0.3) is 0 Å². The first-order valence-electron chi connectivity index (χ1n) is 7.13. The van der Waals surface area contributed by atoms with E-state index in [0.717, 1.165) is 12.1 Å². The molecule has 1 heterocycles. The molecule has 0 fully saturated rings. The molecule has 5 nitrogen and oxygen atoms in total. The highest BCUT2D eigenvalue weighted by molar-refractivity contribution is 6.33. The summed E-state index contributed by atoms with van der Waals surface area (Å²) in [7, 11) is 0. The standard InChI is InChI=1S/C17H11ClF2N4O/c18-11-4-1-2-7-14(11)23-16(25)10-8-21-17(22-9-10)24-15-12(19)5-3-6-13(15)20/h1-9H,(H,23,25)(H,21,22,24). The molecule has 0 radical (unpaired) electrons. The van der Waals surface area contributed by atoms with Gasteiger partial charge < -0.3 is 10.6 Å². The molecule has 2 aromatic carbocycles. The number of aromatic nitrogens is 2. The van der Waals surface area contributed by atoms with E-state index in [4.69, 9.17) is 11.6 Å². The van der Waals surface area contributed by atoms with Gasteiger partial charge in [-0.05, 0) is 24.3 Å². The zero-order valence-corrected chi connectivity index (χ0v) is 13.4. The zero-order valence-electron chi connectivity index (χ0n) is 12.6. The summed E-state index contributed by atoms with van der Waals surface area (Å²) >= 11 is 5.97. The first-order valence-corrected chi connectivity index (χ1v) is 7.51. The summed E-state index contributed by atoms with van der Waals surface area (Å²) in [5.41, 5.74) is 0.250. The molecule has 1 aromatic heterocycles. The Morgan fingerprint density at radius 1 is 0.960 bits per heavy atom. The summed E-state index contributed by atoms with van der Waals surface area (Å²) in [6.45, 7) is 0. The number of carbonyl (C=O) groups excluding carboxylic acids is 1. The maximum Gasteiger partial charge on any atom is 0.258 e. The van der Waals surface area contributed by atoms with Gasteiger partial charge in [-0.25, -0.2) is 18.7 Å². The average Bonchev–Trinajstić information content (AvgIpc) is 2.61. The van der Waals surface area contributed by atoms with Gasteiger partial charge in [-0.15, -0.1) is 0 Å². The van der Waals surface area contributed by atoms with Crippen molar-refractivity contribution in [3.63, 3.8) is 0 Å². The summed E-state index contributed by atoms with van der Waals surface area (Å²) < 4.78 is 27.2. The Labute approximate surface area is 146 Å².